The van der Waals surface area contributed by atoms with Crippen LogP contribution in [-0.4, -0.2) is 19.7 Å². The second-order valence-corrected chi connectivity index (χ2v) is 4.82. The summed E-state index contributed by atoms with van der Waals surface area (Å²) in [5.41, 5.74) is 9.35. The van der Waals surface area contributed by atoms with Crippen molar-refractivity contribution < 1.29 is 0 Å². The van der Waals surface area contributed by atoms with Gasteiger partial charge in [-0.3, -0.25) is 4.68 Å². The monoisotopic (exact) mass is 267 g/mol. The van der Waals surface area contributed by atoms with Crippen molar-refractivity contribution in [3.63, 3.8) is 0 Å². The molecule has 0 fully saturated rings. The van der Waals surface area contributed by atoms with Gasteiger partial charge in [0.25, 0.3) is 0 Å². The number of hydrogen-bond donors (Lipinski definition) is 2. The summed E-state index contributed by atoms with van der Waals surface area (Å²) in [7, 11) is 1.90. The number of aromatic amines is 1. The lowest BCUT2D eigenvalue weighted by atomic mass is 10.1. The fourth-order valence-corrected chi connectivity index (χ4v) is 2.26. The van der Waals surface area contributed by atoms with Crippen LogP contribution in [0.1, 0.15) is 17.4 Å². The summed E-state index contributed by atoms with van der Waals surface area (Å²) in [4.78, 5) is 7.67. The molecule has 0 aliphatic rings. The molecular weight excluding hydrogens is 250 g/mol. The molecule has 0 saturated heterocycles. The first-order chi connectivity index (χ1) is 9.74. The number of H-pyrrole nitrogens is 1. The van der Waals surface area contributed by atoms with Crippen LogP contribution >= 0.6 is 0 Å². The molecule has 1 atom stereocenters. The van der Waals surface area contributed by atoms with Crippen LogP contribution in [0, 0.1) is 0 Å². The van der Waals surface area contributed by atoms with E-state index in [1.54, 1.807) is 17.1 Å². The van der Waals surface area contributed by atoms with Gasteiger partial charge in [-0.1, -0.05) is 30.3 Å². The van der Waals surface area contributed by atoms with Crippen molar-refractivity contribution in [2.24, 2.45) is 12.8 Å². The Hall–Kier alpha value is -2.40. The number of nitrogens with zero attached hydrogens (tertiary/aromatic N) is 3. The minimum Gasteiger partial charge on any atom is -0.339 e. The molecule has 1 aromatic carbocycles. The Kier molecular flexibility index (Phi) is 3.35. The van der Waals surface area contributed by atoms with Crippen LogP contribution < -0.4 is 5.73 Å². The van der Waals surface area contributed by atoms with Crippen molar-refractivity contribution >= 4 is 0 Å². The molecule has 0 radical (unpaired) electrons. The number of nitrogens with two attached hydrogens (primary N) is 1. The Morgan fingerprint density at radius 2 is 2.05 bits per heavy atom. The fraction of sp³-hybridized carbons (Fsp3) is 0.200. The highest BCUT2D eigenvalue weighted by molar-refractivity contribution is 5.53. The first kappa shape index (κ1) is 12.6. The number of aromatic nitrogens is 4. The van der Waals surface area contributed by atoms with E-state index in [1.807, 2.05) is 31.3 Å². The lowest BCUT2D eigenvalue weighted by Crippen LogP contribution is -2.15. The van der Waals surface area contributed by atoms with E-state index in [4.69, 9.17) is 5.73 Å². The molecular formula is C15H17N5. The van der Waals surface area contributed by atoms with E-state index in [1.165, 1.54) is 5.56 Å². The molecule has 0 aliphatic heterocycles. The van der Waals surface area contributed by atoms with Gasteiger partial charge in [0, 0.05) is 13.2 Å². The third kappa shape index (κ3) is 2.48. The van der Waals surface area contributed by atoms with Gasteiger partial charge < -0.3 is 10.7 Å². The van der Waals surface area contributed by atoms with Gasteiger partial charge in [-0.25, -0.2) is 4.98 Å². The Morgan fingerprint density at radius 1 is 1.25 bits per heavy atom. The Labute approximate surface area is 117 Å². The summed E-state index contributed by atoms with van der Waals surface area (Å²) in [6, 6.07) is 12.0. The highest BCUT2D eigenvalue weighted by atomic mass is 15.3. The minimum atomic E-state index is -0.139. The molecule has 5 nitrogen and oxygen atoms in total. The van der Waals surface area contributed by atoms with Gasteiger partial charge >= 0.3 is 0 Å². The summed E-state index contributed by atoms with van der Waals surface area (Å²) < 4.78 is 1.81. The fourth-order valence-electron chi connectivity index (χ4n) is 2.26. The number of aryl methyl sites for hydroxylation is 1. The normalized spacial score (nSPS) is 12.5. The van der Waals surface area contributed by atoms with Crippen molar-refractivity contribution in [3.8, 4) is 11.4 Å². The number of hydrogen-bond acceptors (Lipinski definition) is 3. The van der Waals surface area contributed by atoms with Crippen LogP contribution in [0.3, 0.4) is 0 Å². The number of rotatable bonds is 4. The molecule has 5 heteroatoms. The van der Waals surface area contributed by atoms with Gasteiger partial charge in [-0.05, 0) is 18.1 Å². The quantitative estimate of drug-likeness (QED) is 0.760. The van der Waals surface area contributed by atoms with E-state index < -0.39 is 0 Å². The van der Waals surface area contributed by atoms with Crippen LogP contribution in [0.5, 0.6) is 0 Å². The number of nitrogens with one attached hydrogen (secondary N) is 1. The first-order valence-corrected chi connectivity index (χ1v) is 6.57. The van der Waals surface area contributed by atoms with E-state index in [-0.39, 0.29) is 6.04 Å². The maximum absolute atomic E-state index is 6.22. The highest BCUT2D eigenvalue weighted by Crippen LogP contribution is 2.19. The molecule has 0 saturated carbocycles. The molecule has 0 spiro atoms. The zero-order chi connectivity index (χ0) is 13.9. The van der Waals surface area contributed by atoms with Gasteiger partial charge in [0.2, 0.25) is 0 Å². The number of benzene rings is 1. The van der Waals surface area contributed by atoms with Gasteiger partial charge in [0.15, 0.2) is 0 Å². The molecule has 2 aromatic heterocycles. The van der Waals surface area contributed by atoms with Crippen LogP contribution in [-0.2, 0) is 13.5 Å². The second-order valence-electron chi connectivity index (χ2n) is 4.82. The largest absolute Gasteiger partial charge is 0.339 e. The van der Waals surface area contributed by atoms with Gasteiger partial charge in [0.1, 0.15) is 5.82 Å². The summed E-state index contributed by atoms with van der Waals surface area (Å²) in [6.07, 6.45) is 4.33. The molecule has 1 unspecified atom stereocenters. The molecule has 3 aromatic rings. The average Bonchev–Trinajstić information content (AvgIpc) is 3.08. The van der Waals surface area contributed by atoms with Gasteiger partial charge in [-0.15, -0.1) is 0 Å². The van der Waals surface area contributed by atoms with Crippen LogP contribution in [0.15, 0.2) is 48.8 Å². The summed E-state index contributed by atoms with van der Waals surface area (Å²) >= 11 is 0. The molecule has 0 aliphatic carbocycles. The summed E-state index contributed by atoms with van der Waals surface area (Å²) in [5, 5.41) is 4.15. The molecule has 0 bridgehead atoms. The standard InChI is InChI=1S/C15H17N5/c1-20-14(7-8-18-20)13-10-17-15(19-13)12(16)9-11-5-3-2-4-6-11/h2-8,10,12H,9,16H2,1H3,(H,17,19). The Balaban J connectivity index is 1.78. The second kappa shape index (κ2) is 5.30. The zero-order valence-electron chi connectivity index (χ0n) is 11.3. The van der Waals surface area contributed by atoms with Crippen molar-refractivity contribution in [1.82, 2.24) is 19.7 Å². The molecule has 0 amide bonds. The lowest BCUT2D eigenvalue weighted by Gasteiger charge is -2.08. The van der Waals surface area contributed by atoms with E-state index in [0.717, 1.165) is 23.6 Å². The average molecular weight is 267 g/mol. The SMILES string of the molecule is Cn1nccc1-c1cnc(C(N)Cc2ccccc2)[nH]1. The number of imidazole rings is 1. The van der Waals surface area contributed by atoms with Gasteiger partial charge in [0.05, 0.1) is 23.6 Å². The molecule has 3 N–H and O–H groups in total. The molecule has 102 valence electrons. The van der Waals surface area contributed by atoms with E-state index in [9.17, 15) is 0 Å². The molecule has 2 heterocycles. The zero-order valence-corrected chi connectivity index (χ0v) is 11.3. The van der Waals surface area contributed by atoms with Crippen molar-refractivity contribution in [3.05, 3.63) is 60.2 Å². The predicted molar refractivity (Wildman–Crippen MR) is 77.9 cm³/mol. The van der Waals surface area contributed by atoms with Crippen molar-refractivity contribution in [2.45, 2.75) is 12.5 Å². The van der Waals surface area contributed by atoms with Gasteiger partial charge in [-0.2, -0.15) is 5.10 Å². The van der Waals surface area contributed by atoms with Crippen LogP contribution in [0.4, 0.5) is 0 Å². The first-order valence-electron chi connectivity index (χ1n) is 6.57. The van der Waals surface area contributed by atoms with Crippen LogP contribution in [0.2, 0.25) is 0 Å². The third-order valence-corrected chi connectivity index (χ3v) is 3.34. The van der Waals surface area contributed by atoms with E-state index >= 15 is 0 Å². The van der Waals surface area contributed by atoms with E-state index in [2.05, 4.69) is 27.2 Å². The topological polar surface area (TPSA) is 72.5 Å². The summed E-state index contributed by atoms with van der Waals surface area (Å²) in [6.45, 7) is 0. The Morgan fingerprint density at radius 3 is 2.75 bits per heavy atom. The molecule has 20 heavy (non-hydrogen) atoms. The lowest BCUT2D eigenvalue weighted by molar-refractivity contribution is 0.677. The minimum absolute atomic E-state index is 0.139. The maximum Gasteiger partial charge on any atom is 0.123 e. The maximum atomic E-state index is 6.22. The Bertz CT molecular complexity index is 683. The van der Waals surface area contributed by atoms with Crippen LogP contribution in [0.25, 0.3) is 11.4 Å². The van der Waals surface area contributed by atoms with Crippen molar-refractivity contribution in [1.29, 1.82) is 0 Å². The molecule has 3 rings (SSSR count). The van der Waals surface area contributed by atoms with E-state index in [0.29, 0.717) is 0 Å². The summed E-state index contributed by atoms with van der Waals surface area (Å²) in [5.74, 6) is 0.796. The van der Waals surface area contributed by atoms with Crippen molar-refractivity contribution in [2.75, 3.05) is 0 Å². The predicted octanol–water partition coefficient (Wildman–Crippen LogP) is 2.05. The highest BCUT2D eigenvalue weighted by Gasteiger charge is 2.13. The third-order valence-electron chi connectivity index (χ3n) is 3.34. The smallest absolute Gasteiger partial charge is 0.123 e.